The van der Waals surface area contributed by atoms with Gasteiger partial charge >= 0.3 is 12.1 Å². The van der Waals surface area contributed by atoms with Crippen LogP contribution in [0.1, 0.15) is 60.3 Å². The Morgan fingerprint density at radius 3 is 2.14 bits per heavy atom. The summed E-state index contributed by atoms with van der Waals surface area (Å²) in [6.07, 6.45) is -0.0923. The number of anilines is 3. The summed E-state index contributed by atoms with van der Waals surface area (Å²) in [5.74, 6) is -0.357. The van der Waals surface area contributed by atoms with Gasteiger partial charge in [0.15, 0.2) is 18.8 Å². The van der Waals surface area contributed by atoms with Crippen LogP contribution in [0.15, 0.2) is 0 Å². The number of fused-ring (bicyclic) bond motifs is 1. The maximum absolute atomic E-state index is 13.2. The smallest absolute Gasteiger partial charge is 0.410 e. The normalized spacial score (nSPS) is 22.3. The van der Waals surface area contributed by atoms with Gasteiger partial charge in [0.05, 0.1) is 11.6 Å². The van der Waals surface area contributed by atoms with Crippen LogP contribution < -0.4 is 15.5 Å². The number of Topliss-reactive ketones (excluding diaryl/α,β-unsaturated/α-hetero) is 1. The van der Waals surface area contributed by atoms with E-state index >= 15 is 0 Å². The molecule has 0 bridgehead atoms. The number of nitrogens with zero attached hydrogens (tertiary/aromatic N) is 6. The van der Waals surface area contributed by atoms with Crippen LogP contribution in [0.5, 0.6) is 0 Å². The van der Waals surface area contributed by atoms with E-state index in [2.05, 4.69) is 39.4 Å². The third kappa shape index (κ3) is 8.21. The van der Waals surface area contributed by atoms with E-state index < -0.39 is 54.2 Å². The molecular weight excluding hydrogens is 560 g/mol. The van der Waals surface area contributed by atoms with E-state index in [4.69, 9.17) is 14.2 Å². The highest BCUT2D eigenvalue weighted by Gasteiger charge is 2.53. The molecule has 1 aromatic heterocycles. The number of aromatic nitrogens is 3. The molecule has 43 heavy (non-hydrogen) atoms. The molecule has 2 amide bonds. The number of hydrogen-bond donors (Lipinski definition) is 2. The van der Waals surface area contributed by atoms with Gasteiger partial charge < -0.3 is 39.5 Å². The number of ketones is 1. The molecule has 0 aliphatic carbocycles. The fourth-order valence-corrected chi connectivity index (χ4v) is 5.21. The van der Waals surface area contributed by atoms with Crippen LogP contribution in [0, 0.1) is 0 Å². The summed E-state index contributed by atoms with van der Waals surface area (Å²) < 4.78 is 16.5. The second-order valence-corrected chi connectivity index (χ2v) is 11.8. The van der Waals surface area contributed by atoms with Gasteiger partial charge in [-0.05, 0) is 46.5 Å². The lowest BCUT2D eigenvalue weighted by Crippen LogP contribution is -2.63. The zero-order valence-electron chi connectivity index (χ0n) is 25.8. The van der Waals surface area contributed by atoms with Crippen LogP contribution >= 0.6 is 0 Å². The highest BCUT2D eigenvalue weighted by molar-refractivity contribution is 6.09. The van der Waals surface area contributed by atoms with Crippen LogP contribution in [0.3, 0.4) is 0 Å². The van der Waals surface area contributed by atoms with Crippen molar-refractivity contribution in [3.63, 3.8) is 0 Å². The lowest BCUT2D eigenvalue weighted by Gasteiger charge is -2.40. The van der Waals surface area contributed by atoms with Crippen molar-refractivity contribution in [3.05, 3.63) is 0 Å². The zero-order valence-corrected chi connectivity index (χ0v) is 25.8. The van der Waals surface area contributed by atoms with Crippen molar-refractivity contribution < 1.29 is 33.4 Å². The Kier molecular flexibility index (Phi) is 10.6. The standard InChI is InChI=1S/C28H44N8O7/c1-6-10-29-24-31-25(30-11-7-2)33-26(32-24)34-13-15-35(16-14-34)27(40)41-17-19(37)42-21-18-9-8-12-36(18)23(39)22(20(21)38)43-28(3,4)5/h18,21-22H,6-17H2,1-5H3,(H2,29,30,31,32,33). The molecule has 15 heteroatoms. The van der Waals surface area contributed by atoms with E-state index in [9.17, 15) is 19.2 Å². The topological polar surface area (TPSA) is 168 Å². The molecule has 0 radical (unpaired) electrons. The van der Waals surface area contributed by atoms with Crippen molar-refractivity contribution in [2.24, 2.45) is 0 Å². The Labute approximate surface area is 252 Å². The van der Waals surface area contributed by atoms with Crippen molar-refractivity contribution in [2.45, 2.75) is 84.2 Å². The number of rotatable bonds is 11. The van der Waals surface area contributed by atoms with Crippen molar-refractivity contribution >= 4 is 41.6 Å². The predicted molar refractivity (Wildman–Crippen MR) is 157 cm³/mol. The van der Waals surface area contributed by atoms with Gasteiger partial charge in [0.25, 0.3) is 5.91 Å². The van der Waals surface area contributed by atoms with Gasteiger partial charge in [0.2, 0.25) is 23.6 Å². The van der Waals surface area contributed by atoms with E-state index in [1.165, 1.54) is 4.90 Å². The van der Waals surface area contributed by atoms with Gasteiger partial charge in [-0.1, -0.05) is 13.8 Å². The molecule has 3 unspecified atom stereocenters. The minimum atomic E-state index is -1.34. The molecule has 3 aliphatic rings. The molecule has 1 aromatic rings. The minimum absolute atomic E-state index is 0.334. The molecule has 238 valence electrons. The Morgan fingerprint density at radius 1 is 0.930 bits per heavy atom. The van der Waals surface area contributed by atoms with Gasteiger partial charge in [-0.15, -0.1) is 0 Å². The maximum Gasteiger partial charge on any atom is 0.410 e. The summed E-state index contributed by atoms with van der Waals surface area (Å²) in [5, 5.41) is 6.40. The summed E-state index contributed by atoms with van der Waals surface area (Å²) >= 11 is 0. The largest absolute Gasteiger partial charge is 0.449 e. The SMILES string of the molecule is CCCNc1nc(NCCC)nc(N2CCN(C(=O)OCC(=O)OC3C(=O)C(OC(C)(C)C)C(=O)N4CCCC34)CC2)n1. The van der Waals surface area contributed by atoms with Gasteiger partial charge in [-0.2, -0.15) is 15.0 Å². The van der Waals surface area contributed by atoms with Crippen LogP contribution in [0.25, 0.3) is 0 Å². The molecule has 2 N–H and O–H groups in total. The second-order valence-electron chi connectivity index (χ2n) is 11.8. The molecular formula is C28H44N8O7. The maximum atomic E-state index is 13.2. The average molecular weight is 605 g/mol. The Balaban J connectivity index is 1.29. The van der Waals surface area contributed by atoms with Crippen molar-refractivity contribution in [1.29, 1.82) is 0 Å². The number of carbonyl (C=O) groups is 4. The Hall–Kier alpha value is -3.75. The third-order valence-electron chi connectivity index (χ3n) is 7.25. The molecule has 4 heterocycles. The Bertz CT molecular complexity index is 1140. The summed E-state index contributed by atoms with van der Waals surface area (Å²) in [5.41, 5.74) is -0.747. The first-order valence-corrected chi connectivity index (χ1v) is 15.1. The van der Waals surface area contributed by atoms with E-state index in [1.54, 1.807) is 25.7 Å². The van der Waals surface area contributed by atoms with E-state index in [-0.39, 0.29) is 0 Å². The lowest BCUT2D eigenvalue weighted by molar-refractivity contribution is -0.185. The second kappa shape index (κ2) is 14.1. The molecule has 3 saturated heterocycles. The summed E-state index contributed by atoms with van der Waals surface area (Å²) in [4.78, 5) is 70.1. The fraction of sp³-hybridized carbons (Fsp3) is 0.750. The van der Waals surface area contributed by atoms with E-state index in [1.807, 2.05) is 4.90 Å². The molecule has 0 saturated carbocycles. The Morgan fingerprint density at radius 2 is 1.56 bits per heavy atom. The van der Waals surface area contributed by atoms with Gasteiger partial charge in [0, 0.05) is 45.8 Å². The first-order valence-electron chi connectivity index (χ1n) is 15.1. The van der Waals surface area contributed by atoms with Gasteiger partial charge in [0.1, 0.15) is 0 Å². The quantitative estimate of drug-likeness (QED) is 0.275. The highest BCUT2D eigenvalue weighted by atomic mass is 16.6. The fourth-order valence-electron chi connectivity index (χ4n) is 5.21. The van der Waals surface area contributed by atoms with E-state index in [0.29, 0.717) is 63.4 Å². The number of amides is 2. The zero-order chi connectivity index (χ0) is 31.1. The first-order chi connectivity index (χ1) is 20.5. The molecule has 15 nitrogen and oxygen atoms in total. The number of carbonyl (C=O) groups excluding carboxylic acids is 4. The molecule has 0 aromatic carbocycles. The number of esters is 1. The number of piperazine rings is 1. The van der Waals surface area contributed by atoms with Gasteiger partial charge in [-0.3, -0.25) is 9.59 Å². The molecule has 4 rings (SSSR count). The lowest BCUT2D eigenvalue weighted by atomic mass is 9.94. The summed E-state index contributed by atoms with van der Waals surface area (Å²) in [6.45, 7) is 12.2. The predicted octanol–water partition coefficient (Wildman–Crippen LogP) is 1.44. The van der Waals surface area contributed by atoms with Gasteiger partial charge in [-0.25, -0.2) is 9.59 Å². The van der Waals surface area contributed by atoms with Crippen LogP contribution in [0.4, 0.5) is 22.6 Å². The van der Waals surface area contributed by atoms with E-state index in [0.717, 1.165) is 25.9 Å². The molecule has 3 fully saturated rings. The first kappa shape index (κ1) is 32.2. The molecule has 3 aliphatic heterocycles. The minimum Gasteiger partial charge on any atom is -0.449 e. The van der Waals surface area contributed by atoms with Crippen LogP contribution in [-0.2, 0) is 28.6 Å². The number of hydrogen-bond acceptors (Lipinski definition) is 13. The van der Waals surface area contributed by atoms with Crippen molar-refractivity contribution in [3.8, 4) is 0 Å². The number of nitrogens with one attached hydrogen (secondary N) is 2. The molecule has 0 spiro atoms. The number of ether oxygens (including phenoxy) is 3. The summed E-state index contributed by atoms with van der Waals surface area (Å²) in [6, 6.07) is -0.543. The number of piperidine rings is 1. The highest BCUT2D eigenvalue weighted by Crippen LogP contribution is 2.31. The van der Waals surface area contributed by atoms with Crippen LogP contribution in [-0.4, -0.2) is 125 Å². The third-order valence-corrected chi connectivity index (χ3v) is 7.25. The van der Waals surface area contributed by atoms with Crippen LogP contribution in [0.2, 0.25) is 0 Å². The average Bonchev–Trinajstić information content (AvgIpc) is 3.48. The summed E-state index contributed by atoms with van der Waals surface area (Å²) in [7, 11) is 0. The van der Waals surface area contributed by atoms with Crippen molar-refractivity contribution in [2.75, 3.05) is 68.0 Å². The monoisotopic (exact) mass is 604 g/mol. The van der Waals surface area contributed by atoms with Crippen molar-refractivity contribution in [1.82, 2.24) is 24.8 Å². The molecule has 3 atom stereocenters.